The Bertz CT molecular complexity index is 1580. The second-order valence-corrected chi connectivity index (χ2v) is 9.09. The number of fused-ring (bicyclic) bond motifs is 1. The fourth-order valence-corrected chi connectivity index (χ4v) is 4.77. The minimum absolute atomic E-state index is 0.397. The quantitative estimate of drug-likeness (QED) is 0.265. The van der Waals surface area contributed by atoms with Gasteiger partial charge in [0.25, 0.3) is 5.91 Å². The molecule has 1 amide bonds. The van der Waals surface area contributed by atoms with Gasteiger partial charge in [-0.1, -0.05) is 48.5 Å². The summed E-state index contributed by atoms with van der Waals surface area (Å²) >= 11 is 1.29. The molecule has 0 aliphatic heterocycles. The Hall–Kier alpha value is -4.56. The number of amides is 1. The van der Waals surface area contributed by atoms with E-state index in [4.69, 9.17) is 14.5 Å². The number of para-hydroxylation sites is 1. The van der Waals surface area contributed by atoms with Crippen molar-refractivity contribution >= 4 is 39.2 Å². The first kappa shape index (κ1) is 24.1. The van der Waals surface area contributed by atoms with E-state index in [-0.39, 0.29) is 0 Å². The van der Waals surface area contributed by atoms with Crippen LogP contribution in [-0.2, 0) is 9.53 Å². The molecule has 37 heavy (non-hydrogen) atoms. The van der Waals surface area contributed by atoms with E-state index in [2.05, 4.69) is 10.3 Å². The molecule has 5 rings (SSSR count). The number of aromatic nitrogens is 2. The summed E-state index contributed by atoms with van der Waals surface area (Å²) in [4.78, 5) is 35.0. The number of benzene rings is 3. The highest BCUT2D eigenvalue weighted by atomic mass is 32.1. The summed E-state index contributed by atoms with van der Waals surface area (Å²) in [5.41, 5.74) is 4.99. The minimum atomic E-state index is -0.582. The van der Waals surface area contributed by atoms with Crippen molar-refractivity contribution in [2.75, 3.05) is 19.0 Å². The lowest BCUT2D eigenvalue weighted by Crippen LogP contribution is -2.21. The molecule has 0 saturated carbocycles. The summed E-state index contributed by atoms with van der Waals surface area (Å²) in [6.45, 7) is 1.40. The molecule has 1 N–H and O–H groups in total. The van der Waals surface area contributed by atoms with Crippen LogP contribution >= 0.6 is 11.3 Å². The van der Waals surface area contributed by atoms with E-state index >= 15 is 0 Å². The maximum atomic E-state index is 13.2. The van der Waals surface area contributed by atoms with Crippen LogP contribution in [-0.4, -0.2) is 35.6 Å². The van der Waals surface area contributed by atoms with E-state index in [0.717, 1.165) is 22.6 Å². The topological polar surface area (TPSA) is 90.4 Å². The van der Waals surface area contributed by atoms with E-state index in [9.17, 15) is 9.59 Å². The predicted octanol–water partition coefficient (Wildman–Crippen LogP) is 6.14. The van der Waals surface area contributed by atoms with Crippen LogP contribution in [0.1, 0.15) is 15.9 Å². The van der Waals surface area contributed by atoms with Crippen LogP contribution in [0.25, 0.3) is 33.4 Å². The van der Waals surface area contributed by atoms with Crippen molar-refractivity contribution in [3.63, 3.8) is 0 Å². The fraction of sp³-hybridized carbons (Fsp3) is 0.103. The second kappa shape index (κ2) is 10.6. The highest BCUT2D eigenvalue weighted by Crippen LogP contribution is 2.30. The Kier molecular flexibility index (Phi) is 6.91. The summed E-state index contributed by atoms with van der Waals surface area (Å²) in [5.74, 6) is -0.299. The van der Waals surface area contributed by atoms with Gasteiger partial charge in [-0.2, -0.15) is 0 Å². The monoisotopic (exact) mass is 509 g/mol. The van der Waals surface area contributed by atoms with Crippen molar-refractivity contribution in [2.24, 2.45) is 0 Å². The number of esters is 1. The molecule has 0 spiro atoms. The van der Waals surface area contributed by atoms with E-state index in [1.165, 1.54) is 11.3 Å². The summed E-state index contributed by atoms with van der Waals surface area (Å²) < 4.78 is 10.6. The number of hydrogen-bond acceptors (Lipinski definition) is 7. The Morgan fingerprint density at radius 1 is 0.892 bits per heavy atom. The molecular formula is C29H23N3O4S. The zero-order chi connectivity index (χ0) is 25.8. The van der Waals surface area contributed by atoms with Crippen molar-refractivity contribution in [1.29, 1.82) is 0 Å². The van der Waals surface area contributed by atoms with Crippen molar-refractivity contribution in [3.8, 4) is 28.3 Å². The molecule has 0 unspecified atom stereocenters. The van der Waals surface area contributed by atoms with Crippen LogP contribution in [0, 0.1) is 6.92 Å². The zero-order valence-corrected chi connectivity index (χ0v) is 21.0. The second-order valence-electron chi connectivity index (χ2n) is 8.23. The van der Waals surface area contributed by atoms with Crippen LogP contribution in [0.3, 0.4) is 0 Å². The van der Waals surface area contributed by atoms with Crippen molar-refractivity contribution in [2.45, 2.75) is 6.92 Å². The van der Waals surface area contributed by atoms with Gasteiger partial charge in [0, 0.05) is 21.9 Å². The average molecular weight is 510 g/mol. The normalized spacial score (nSPS) is 10.8. The third kappa shape index (κ3) is 5.19. The summed E-state index contributed by atoms with van der Waals surface area (Å²) in [7, 11) is 1.61. The molecule has 8 heteroatoms. The Labute approximate surface area is 217 Å². The van der Waals surface area contributed by atoms with E-state index in [0.29, 0.717) is 32.9 Å². The molecule has 0 aliphatic rings. The van der Waals surface area contributed by atoms with Crippen molar-refractivity contribution in [1.82, 2.24) is 9.97 Å². The van der Waals surface area contributed by atoms with E-state index in [1.807, 2.05) is 91.2 Å². The number of nitrogens with zero attached hydrogens (tertiary/aromatic N) is 2. The number of thiazole rings is 1. The standard InChI is InChI=1S/C29H23N3O4S/c1-18-26(22-10-6-7-11-23(22)30-27(18)20-8-4-3-5-9-20)28(34)36-16-25(33)32-29-31-24(17-37-29)19-12-14-21(35-2)15-13-19/h3-15,17H,16H2,1-2H3,(H,31,32,33). The molecule has 0 fully saturated rings. The number of ether oxygens (including phenoxy) is 2. The van der Waals surface area contributed by atoms with Gasteiger partial charge in [0.05, 0.1) is 29.6 Å². The van der Waals surface area contributed by atoms with Gasteiger partial charge < -0.3 is 9.47 Å². The number of rotatable bonds is 7. The lowest BCUT2D eigenvalue weighted by molar-refractivity contribution is -0.119. The van der Waals surface area contributed by atoms with Gasteiger partial charge in [-0.3, -0.25) is 10.1 Å². The van der Waals surface area contributed by atoms with Gasteiger partial charge in [0.2, 0.25) is 0 Å². The largest absolute Gasteiger partial charge is 0.497 e. The number of anilines is 1. The lowest BCUT2D eigenvalue weighted by Gasteiger charge is -2.14. The van der Waals surface area contributed by atoms with Crippen LogP contribution in [0.2, 0.25) is 0 Å². The van der Waals surface area contributed by atoms with Gasteiger partial charge in [0.15, 0.2) is 11.7 Å². The zero-order valence-electron chi connectivity index (χ0n) is 20.2. The SMILES string of the molecule is COc1ccc(-c2csc(NC(=O)COC(=O)c3c(C)c(-c4ccccc4)nc4ccccc34)n2)cc1. The molecule has 2 heterocycles. The lowest BCUT2D eigenvalue weighted by atomic mass is 9.98. The van der Waals surface area contributed by atoms with E-state index in [1.54, 1.807) is 7.11 Å². The number of carbonyl (C=O) groups is 2. The number of hydrogen-bond donors (Lipinski definition) is 1. The molecule has 184 valence electrons. The Balaban J connectivity index is 1.31. The predicted molar refractivity (Wildman–Crippen MR) is 145 cm³/mol. The van der Waals surface area contributed by atoms with Crippen molar-refractivity contribution < 1.29 is 19.1 Å². The molecule has 0 radical (unpaired) electrons. The highest BCUT2D eigenvalue weighted by molar-refractivity contribution is 7.14. The number of nitrogens with one attached hydrogen (secondary N) is 1. The fourth-order valence-electron chi connectivity index (χ4n) is 4.03. The number of pyridine rings is 1. The molecule has 2 aromatic heterocycles. The smallest absolute Gasteiger partial charge is 0.339 e. The molecule has 7 nitrogen and oxygen atoms in total. The molecule has 3 aromatic carbocycles. The van der Waals surface area contributed by atoms with Crippen LogP contribution in [0.15, 0.2) is 84.2 Å². The molecule has 0 saturated heterocycles. The van der Waals surface area contributed by atoms with Crippen LogP contribution in [0.5, 0.6) is 5.75 Å². The van der Waals surface area contributed by atoms with Gasteiger partial charge in [-0.15, -0.1) is 11.3 Å². The molecular weight excluding hydrogens is 486 g/mol. The maximum Gasteiger partial charge on any atom is 0.339 e. The van der Waals surface area contributed by atoms with Crippen LogP contribution < -0.4 is 10.1 Å². The average Bonchev–Trinajstić information content (AvgIpc) is 3.40. The minimum Gasteiger partial charge on any atom is -0.497 e. The van der Waals surface area contributed by atoms with E-state index < -0.39 is 18.5 Å². The summed E-state index contributed by atoms with van der Waals surface area (Å²) in [6, 6.07) is 24.6. The first-order valence-corrected chi connectivity index (χ1v) is 12.4. The molecule has 0 atom stereocenters. The number of methoxy groups -OCH3 is 1. The third-order valence-corrected chi connectivity index (χ3v) is 6.62. The molecule has 0 aliphatic carbocycles. The van der Waals surface area contributed by atoms with Gasteiger partial charge in [0.1, 0.15) is 5.75 Å². The van der Waals surface area contributed by atoms with Gasteiger partial charge >= 0.3 is 5.97 Å². The molecule has 5 aromatic rings. The van der Waals surface area contributed by atoms with Crippen LogP contribution in [0.4, 0.5) is 5.13 Å². The summed E-state index contributed by atoms with van der Waals surface area (Å²) in [5, 5.41) is 5.65. The first-order chi connectivity index (χ1) is 18.0. The molecule has 0 bridgehead atoms. The third-order valence-electron chi connectivity index (χ3n) is 5.86. The van der Waals surface area contributed by atoms with Crippen molar-refractivity contribution in [3.05, 3.63) is 95.4 Å². The number of carbonyl (C=O) groups excluding carboxylic acids is 2. The Morgan fingerprint density at radius 3 is 2.38 bits per heavy atom. The highest BCUT2D eigenvalue weighted by Gasteiger charge is 2.21. The Morgan fingerprint density at radius 2 is 1.62 bits per heavy atom. The van der Waals surface area contributed by atoms with Gasteiger partial charge in [-0.05, 0) is 42.8 Å². The first-order valence-electron chi connectivity index (χ1n) is 11.5. The van der Waals surface area contributed by atoms with Gasteiger partial charge in [-0.25, -0.2) is 14.8 Å². The maximum absolute atomic E-state index is 13.2. The summed E-state index contributed by atoms with van der Waals surface area (Å²) in [6.07, 6.45) is 0.